The number of benzene rings is 1. The molecule has 1 aliphatic rings. The Morgan fingerprint density at radius 3 is 2.59 bits per heavy atom. The van der Waals surface area contributed by atoms with Gasteiger partial charge in [0.2, 0.25) is 0 Å². The van der Waals surface area contributed by atoms with Crippen LogP contribution in [-0.2, 0) is 6.54 Å². The van der Waals surface area contributed by atoms with Crippen LogP contribution in [0.4, 0.5) is 0 Å². The van der Waals surface area contributed by atoms with Crippen molar-refractivity contribution in [2.45, 2.75) is 32.2 Å². The molecule has 2 N–H and O–H groups in total. The molecule has 0 radical (unpaired) electrons. The standard InChI is InChI=1S/C13H16N4/c1-9-2-6-11(7-3-9)17-12(8-14)15-13(16-17)10-4-5-10/h2-3,6-7,10H,4-5,8,14H2,1H3. The van der Waals surface area contributed by atoms with Gasteiger partial charge in [-0.1, -0.05) is 17.7 Å². The molecule has 0 amide bonds. The van der Waals surface area contributed by atoms with Crippen LogP contribution in [0.5, 0.6) is 0 Å². The highest BCUT2D eigenvalue weighted by Crippen LogP contribution is 2.38. The zero-order valence-electron chi connectivity index (χ0n) is 9.93. The molecule has 17 heavy (non-hydrogen) atoms. The first-order chi connectivity index (χ1) is 8.28. The second-order valence-corrected chi connectivity index (χ2v) is 4.61. The van der Waals surface area contributed by atoms with E-state index < -0.39 is 0 Å². The Bertz CT molecular complexity index is 523. The van der Waals surface area contributed by atoms with E-state index in [9.17, 15) is 0 Å². The van der Waals surface area contributed by atoms with E-state index in [-0.39, 0.29) is 0 Å². The third kappa shape index (κ3) is 1.96. The Balaban J connectivity index is 2.02. The minimum Gasteiger partial charge on any atom is -0.324 e. The molecule has 1 aliphatic carbocycles. The lowest BCUT2D eigenvalue weighted by Crippen LogP contribution is -2.07. The lowest BCUT2D eigenvalue weighted by molar-refractivity contribution is 0.780. The average molecular weight is 228 g/mol. The Morgan fingerprint density at radius 1 is 1.29 bits per heavy atom. The molecule has 1 fully saturated rings. The summed E-state index contributed by atoms with van der Waals surface area (Å²) in [6, 6.07) is 8.27. The summed E-state index contributed by atoms with van der Waals surface area (Å²) < 4.78 is 1.87. The van der Waals surface area contributed by atoms with Crippen molar-refractivity contribution < 1.29 is 0 Å². The molecule has 0 unspecified atom stereocenters. The van der Waals surface area contributed by atoms with E-state index in [1.807, 2.05) is 4.68 Å². The molecular weight excluding hydrogens is 212 g/mol. The van der Waals surface area contributed by atoms with Crippen molar-refractivity contribution in [1.29, 1.82) is 0 Å². The quantitative estimate of drug-likeness (QED) is 0.873. The predicted octanol–water partition coefficient (Wildman–Crippen LogP) is 1.91. The third-order valence-corrected chi connectivity index (χ3v) is 3.09. The molecular formula is C13H16N4. The van der Waals surface area contributed by atoms with Gasteiger partial charge in [-0.3, -0.25) is 0 Å². The van der Waals surface area contributed by atoms with E-state index in [2.05, 4.69) is 41.3 Å². The Hall–Kier alpha value is -1.68. The molecule has 0 aliphatic heterocycles. The average Bonchev–Trinajstić information content (AvgIpc) is 3.10. The molecule has 1 heterocycles. The summed E-state index contributed by atoms with van der Waals surface area (Å²) in [5.41, 5.74) is 8.01. The van der Waals surface area contributed by atoms with E-state index in [0.29, 0.717) is 12.5 Å². The number of aromatic nitrogens is 3. The monoisotopic (exact) mass is 228 g/mol. The van der Waals surface area contributed by atoms with Gasteiger partial charge in [-0.05, 0) is 31.9 Å². The van der Waals surface area contributed by atoms with Crippen molar-refractivity contribution in [3.05, 3.63) is 41.5 Å². The van der Waals surface area contributed by atoms with Crippen LogP contribution in [0, 0.1) is 6.92 Å². The highest BCUT2D eigenvalue weighted by molar-refractivity contribution is 5.34. The van der Waals surface area contributed by atoms with Crippen LogP contribution in [-0.4, -0.2) is 14.8 Å². The first kappa shape index (κ1) is 10.5. The van der Waals surface area contributed by atoms with Crippen LogP contribution < -0.4 is 5.73 Å². The summed E-state index contributed by atoms with van der Waals surface area (Å²) in [4.78, 5) is 4.52. The van der Waals surface area contributed by atoms with Gasteiger partial charge in [0, 0.05) is 5.92 Å². The number of hydrogen-bond donors (Lipinski definition) is 1. The molecule has 1 aromatic carbocycles. The zero-order chi connectivity index (χ0) is 11.8. The number of hydrogen-bond acceptors (Lipinski definition) is 3. The number of aryl methyl sites for hydroxylation is 1. The number of nitrogens with zero attached hydrogens (tertiary/aromatic N) is 3. The van der Waals surface area contributed by atoms with Crippen molar-refractivity contribution in [2.24, 2.45) is 5.73 Å². The van der Waals surface area contributed by atoms with E-state index in [4.69, 9.17) is 5.73 Å². The number of nitrogens with two attached hydrogens (primary N) is 1. The molecule has 4 nitrogen and oxygen atoms in total. The van der Waals surface area contributed by atoms with Gasteiger partial charge in [0.05, 0.1) is 12.2 Å². The molecule has 0 atom stereocenters. The van der Waals surface area contributed by atoms with Gasteiger partial charge >= 0.3 is 0 Å². The fourth-order valence-corrected chi connectivity index (χ4v) is 1.90. The second kappa shape index (κ2) is 3.96. The maximum atomic E-state index is 5.73. The Kier molecular flexibility index (Phi) is 2.44. The first-order valence-corrected chi connectivity index (χ1v) is 6.01. The lowest BCUT2D eigenvalue weighted by atomic mass is 10.2. The second-order valence-electron chi connectivity index (χ2n) is 4.61. The van der Waals surface area contributed by atoms with Crippen molar-refractivity contribution in [3.8, 4) is 5.69 Å². The summed E-state index contributed by atoms with van der Waals surface area (Å²) in [5, 5.41) is 4.57. The fraction of sp³-hybridized carbons (Fsp3) is 0.385. The predicted molar refractivity (Wildman–Crippen MR) is 66.0 cm³/mol. The largest absolute Gasteiger partial charge is 0.324 e. The fourth-order valence-electron chi connectivity index (χ4n) is 1.90. The molecule has 2 aromatic rings. The van der Waals surface area contributed by atoms with Gasteiger partial charge in [0.1, 0.15) is 5.82 Å². The normalized spacial score (nSPS) is 15.2. The Labute approximate surface area is 100 Å². The topological polar surface area (TPSA) is 56.7 Å². The molecule has 0 bridgehead atoms. The summed E-state index contributed by atoms with van der Waals surface area (Å²) in [5.74, 6) is 2.36. The minimum atomic E-state index is 0.424. The number of rotatable bonds is 3. The summed E-state index contributed by atoms with van der Waals surface area (Å²) >= 11 is 0. The highest BCUT2D eigenvalue weighted by Gasteiger charge is 2.28. The van der Waals surface area contributed by atoms with E-state index in [1.54, 1.807) is 0 Å². The molecule has 4 heteroatoms. The smallest absolute Gasteiger partial charge is 0.154 e. The minimum absolute atomic E-state index is 0.424. The molecule has 0 spiro atoms. The van der Waals surface area contributed by atoms with E-state index in [1.165, 1.54) is 18.4 Å². The van der Waals surface area contributed by atoms with Crippen LogP contribution in [0.2, 0.25) is 0 Å². The Morgan fingerprint density at radius 2 is 2.00 bits per heavy atom. The SMILES string of the molecule is Cc1ccc(-n2nc(C3CC3)nc2CN)cc1. The van der Waals surface area contributed by atoms with Crippen LogP contribution in [0.25, 0.3) is 5.69 Å². The van der Waals surface area contributed by atoms with Crippen molar-refractivity contribution in [2.75, 3.05) is 0 Å². The summed E-state index contributed by atoms with van der Waals surface area (Å²) in [6.45, 7) is 2.50. The first-order valence-electron chi connectivity index (χ1n) is 6.01. The van der Waals surface area contributed by atoms with Gasteiger partial charge in [0.25, 0.3) is 0 Å². The van der Waals surface area contributed by atoms with Gasteiger partial charge < -0.3 is 5.73 Å². The summed E-state index contributed by atoms with van der Waals surface area (Å²) in [6.07, 6.45) is 2.42. The highest BCUT2D eigenvalue weighted by atomic mass is 15.4. The van der Waals surface area contributed by atoms with Crippen LogP contribution >= 0.6 is 0 Å². The maximum absolute atomic E-state index is 5.73. The summed E-state index contributed by atoms with van der Waals surface area (Å²) in [7, 11) is 0. The van der Waals surface area contributed by atoms with Gasteiger partial charge in [-0.2, -0.15) is 5.10 Å². The van der Waals surface area contributed by atoms with Crippen molar-refractivity contribution in [3.63, 3.8) is 0 Å². The maximum Gasteiger partial charge on any atom is 0.154 e. The molecule has 0 saturated heterocycles. The molecule has 1 saturated carbocycles. The van der Waals surface area contributed by atoms with Crippen LogP contribution in [0.3, 0.4) is 0 Å². The van der Waals surface area contributed by atoms with E-state index >= 15 is 0 Å². The van der Waals surface area contributed by atoms with Gasteiger partial charge in [-0.25, -0.2) is 9.67 Å². The van der Waals surface area contributed by atoms with Crippen molar-refractivity contribution >= 4 is 0 Å². The molecule has 1 aromatic heterocycles. The molecule has 88 valence electrons. The lowest BCUT2D eigenvalue weighted by Gasteiger charge is -2.04. The van der Waals surface area contributed by atoms with Crippen LogP contribution in [0.1, 0.15) is 36.0 Å². The zero-order valence-corrected chi connectivity index (χ0v) is 9.93. The van der Waals surface area contributed by atoms with E-state index in [0.717, 1.165) is 17.3 Å². The van der Waals surface area contributed by atoms with Gasteiger partial charge in [-0.15, -0.1) is 0 Å². The van der Waals surface area contributed by atoms with Crippen molar-refractivity contribution in [1.82, 2.24) is 14.8 Å². The van der Waals surface area contributed by atoms with Gasteiger partial charge in [0.15, 0.2) is 5.82 Å². The molecule has 3 rings (SSSR count). The third-order valence-electron chi connectivity index (χ3n) is 3.09. The van der Waals surface area contributed by atoms with Crippen LogP contribution in [0.15, 0.2) is 24.3 Å².